The van der Waals surface area contributed by atoms with E-state index in [1.807, 2.05) is 13.0 Å². The van der Waals surface area contributed by atoms with Crippen molar-refractivity contribution in [2.45, 2.75) is 17.9 Å². The third kappa shape index (κ3) is 3.20. The Bertz CT molecular complexity index is 683. The van der Waals surface area contributed by atoms with Crippen molar-refractivity contribution in [2.24, 2.45) is 0 Å². The summed E-state index contributed by atoms with van der Waals surface area (Å²) in [6.45, 7) is 1.88. The first-order valence-corrected chi connectivity index (χ1v) is 7.91. The van der Waals surface area contributed by atoms with Crippen molar-refractivity contribution >= 4 is 21.4 Å². The summed E-state index contributed by atoms with van der Waals surface area (Å²) in [6.07, 6.45) is 0. The number of hydrogen-bond acceptors (Lipinski definition) is 4. The fourth-order valence-corrected chi connectivity index (χ4v) is 3.46. The Morgan fingerprint density at radius 1 is 1.26 bits per heavy atom. The van der Waals surface area contributed by atoms with E-state index >= 15 is 0 Å². The summed E-state index contributed by atoms with van der Waals surface area (Å²) in [7, 11) is -3.68. The summed E-state index contributed by atoms with van der Waals surface area (Å²) in [6, 6.07) is 11.1. The Labute approximate surface area is 116 Å². The predicted molar refractivity (Wildman–Crippen MR) is 74.2 cm³/mol. The fourth-order valence-electron chi connectivity index (χ4n) is 1.54. The lowest BCUT2D eigenvalue weighted by molar-refractivity contribution is 0.576. The van der Waals surface area contributed by atoms with Crippen LogP contribution in [-0.2, 0) is 10.0 Å². The zero-order chi connectivity index (χ0) is 13.9. The molecule has 1 unspecified atom stereocenters. The maximum absolute atomic E-state index is 12.2. The number of nitrogens with zero attached hydrogens (tertiary/aromatic N) is 1. The van der Waals surface area contributed by atoms with Gasteiger partial charge in [0, 0.05) is 4.88 Å². The molecule has 1 N–H and O–H groups in total. The molecule has 98 valence electrons. The van der Waals surface area contributed by atoms with Crippen LogP contribution in [0.5, 0.6) is 0 Å². The van der Waals surface area contributed by atoms with Gasteiger partial charge < -0.3 is 0 Å². The van der Waals surface area contributed by atoms with Gasteiger partial charge >= 0.3 is 0 Å². The summed E-state index contributed by atoms with van der Waals surface area (Å²) in [5, 5.41) is 10.9. The van der Waals surface area contributed by atoms with Gasteiger partial charge in [-0.15, -0.1) is 11.3 Å². The predicted octanol–water partition coefficient (Wildman–Crippen LogP) is 2.60. The van der Waals surface area contributed by atoms with Crippen molar-refractivity contribution in [2.75, 3.05) is 0 Å². The topological polar surface area (TPSA) is 70.0 Å². The lowest BCUT2D eigenvalue weighted by Gasteiger charge is -2.10. The first kappa shape index (κ1) is 13.7. The van der Waals surface area contributed by atoms with Crippen molar-refractivity contribution in [3.8, 4) is 6.07 Å². The molecule has 0 bridgehead atoms. The summed E-state index contributed by atoms with van der Waals surface area (Å²) in [4.78, 5) is 0.841. The summed E-state index contributed by atoms with van der Waals surface area (Å²) >= 11 is 1.34. The number of nitrogens with one attached hydrogen (secondary N) is 1. The van der Waals surface area contributed by atoms with E-state index in [9.17, 15) is 8.42 Å². The highest BCUT2D eigenvalue weighted by atomic mass is 32.2. The van der Waals surface area contributed by atoms with Gasteiger partial charge in [-0.2, -0.15) is 9.98 Å². The van der Waals surface area contributed by atoms with E-state index in [0.29, 0.717) is 4.88 Å². The second kappa shape index (κ2) is 5.53. The molecule has 0 radical (unpaired) electrons. The average Bonchev–Trinajstić information content (AvgIpc) is 2.90. The minimum absolute atomic E-state index is 0.162. The van der Waals surface area contributed by atoms with Crippen LogP contribution < -0.4 is 4.72 Å². The van der Waals surface area contributed by atoms with E-state index in [1.165, 1.54) is 23.5 Å². The molecule has 1 aromatic heterocycles. The molecular weight excluding hydrogens is 280 g/mol. The van der Waals surface area contributed by atoms with Gasteiger partial charge in [0.1, 0.15) is 6.04 Å². The number of aryl methyl sites for hydroxylation is 1. The molecule has 1 atom stereocenters. The van der Waals surface area contributed by atoms with E-state index in [0.717, 1.165) is 5.56 Å². The number of hydrogen-bond donors (Lipinski definition) is 1. The van der Waals surface area contributed by atoms with E-state index in [4.69, 9.17) is 5.26 Å². The zero-order valence-electron chi connectivity index (χ0n) is 10.2. The monoisotopic (exact) mass is 292 g/mol. The zero-order valence-corrected chi connectivity index (χ0v) is 11.8. The minimum atomic E-state index is -3.68. The van der Waals surface area contributed by atoms with Crippen LogP contribution in [0.4, 0.5) is 0 Å². The largest absolute Gasteiger partial charge is 0.242 e. The van der Waals surface area contributed by atoms with E-state index in [1.54, 1.807) is 29.6 Å². The summed E-state index contributed by atoms with van der Waals surface area (Å²) in [5.41, 5.74) is 0.981. The number of benzene rings is 1. The molecule has 0 amide bonds. The fraction of sp³-hybridized carbons (Fsp3) is 0.154. The van der Waals surface area contributed by atoms with Gasteiger partial charge in [0.15, 0.2) is 0 Å². The number of thiophene rings is 1. The van der Waals surface area contributed by atoms with Crippen LogP contribution in [0.2, 0.25) is 0 Å². The number of sulfonamides is 1. The molecule has 4 nitrogen and oxygen atoms in total. The summed E-state index contributed by atoms with van der Waals surface area (Å²) < 4.78 is 26.7. The molecule has 0 aliphatic heterocycles. The molecule has 2 aromatic rings. The van der Waals surface area contributed by atoms with Crippen molar-refractivity contribution in [1.29, 1.82) is 5.26 Å². The Kier molecular flexibility index (Phi) is 4.00. The molecule has 0 saturated carbocycles. The van der Waals surface area contributed by atoms with Crippen LogP contribution in [0.3, 0.4) is 0 Å². The van der Waals surface area contributed by atoms with Crippen molar-refractivity contribution in [3.05, 3.63) is 52.2 Å². The maximum atomic E-state index is 12.2. The lowest BCUT2D eigenvalue weighted by atomic mass is 10.2. The SMILES string of the molecule is Cc1ccc(S(=O)(=O)NC(C#N)c2cccs2)cc1. The molecule has 0 fully saturated rings. The van der Waals surface area contributed by atoms with Crippen LogP contribution in [0.25, 0.3) is 0 Å². The number of rotatable bonds is 4. The Morgan fingerprint density at radius 2 is 1.95 bits per heavy atom. The van der Waals surface area contributed by atoms with Gasteiger partial charge in [-0.3, -0.25) is 0 Å². The second-order valence-corrected chi connectivity index (χ2v) is 6.71. The number of nitriles is 1. The quantitative estimate of drug-likeness (QED) is 0.941. The van der Waals surface area contributed by atoms with Crippen LogP contribution in [0, 0.1) is 18.3 Å². The molecular formula is C13H12N2O2S2. The van der Waals surface area contributed by atoms with Gasteiger partial charge in [0.05, 0.1) is 11.0 Å². The molecule has 19 heavy (non-hydrogen) atoms. The van der Waals surface area contributed by atoms with Gasteiger partial charge in [-0.1, -0.05) is 23.8 Å². The third-order valence-corrected chi connectivity index (χ3v) is 4.94. The van der Waals surface area contributed by atoms with Gasteiger partial charge in [0.2, 0.25) is 10.0 Å². The highest BCUT2D eigenvalue weighted by molar-refractivity contribution is 7.89. The third-order valence-electron chi connectivity index (χ3n) is 2.56. The van der Waals surface area contributed by atoms with Gasteiger partial charge in [-0.25, -0.2) is 8.42 Å². The highest BCUT2D eigenvalue weighted by Crippen LogP contribution is 2.21. The summed E-state index contributed by atoms with van der Waals surface area (Å²) in [5.74, 6) is 0. The van der Waals surface area contributed by atoms with Crippen molar-refractivity contribution in [1.82, 2.24) is 4.72 Å². The van der Waals surface area contributed by atoms with Crippen LogP contribution >= 0.6 is 11.3 Å². The molecule has 0 spiro atoms. The molecule has 0 aliphatic rings. The normalized spacial score (nSPS) is 12.8. The Hall–Kier alpha value is -1.68. The van der Waals surface area contributed by atoms with Crippen molar-refractivity contribution < 1.29 is 8.42 Å². The second-order valence-electron chi connectivity index (χ2n) is 4.01. The van der Waals surface area contributed by atoms with Gasteiger partial charge in [0.25, 0.3) is 0 Å². The highest BCUT2D eigenvalue weighted by Gasteiger charge is 2.21. The first-order chi connectivity index (χ1) is 9.03. The van der Waals surface area contributed by atoms with E-state index in [-0.39, 0.29) is 4.90 Å². The van der Waals surface area contributed by atoms with E-state index in [2.05, 4.69) is 4.72 Å². The van der Waals surface area contributed by atoms with Crippen LogP contribution in [-0.4, -0.2) is 8.42 Å². The smallest absolute Gasteiger partial charge is 0.207 e. The standard InChI is InChI=1S/C13H12N2O2S2/c1-10-4-6-11(7-5-10)19(16,17)15-12(9-14)13-3-2-8-18-13/h2-8,12,15H,1H3. The van der Waals surface area contributed by atoms with Crippen LogP contribution in [0.1, 0.15) is 16.5 Å². The Morgan fingerprint density at radius 3 is 2.47 bits per heavy atom. The molecule has 0 saturated heterocycles. The van der Waals surface area contributed by atoms with Crippen LogP contribution in [0.15, 0.2) is 46.7 Å². The molecule has 2 rings (SSSR count). The molecule has 1 heterocycles. The first-order valence-electron chi connectivity index (χ1n) is 5.55. The average molecular weight is 292 g/mol. The van der Waals surface area contributed by atoms with Gasteiger partial charge in [-0.05, 0) is 30.5 Å². The van der Waals surface area contributed by atoms with E-state index < -0.39 is 16.1 Å². The lowest BCUT2D eigenvalue weighted by Crippen LogP contribution is -2.27. The minimum Gasteiger partial charge on any atom is -0.207 e. The maximum Gasteiger partial charge on any atom is 0.242 e. The van der Waals surface area contributed by atoms with Crippen molar-refractivity contribution in [3.63, 3.8) is 0 Å². The molecule has 6 heteroatoms. The molecule has 1 aromatic carbocycles. The molecule has 0 aliphatic carbocycles. The Balaban J connectivity index is 2.26.